The molecule has 0 N–H and O–H groups in total. The van der Waals surface area contributed by atoms with Gasteiger partial charge in [-0.1, -0.05) is 48.0 Å². The van der Waals surface area contributed by atoms with Crippen molar-refractivity contribution in [1.29, 1.82) is 0 Å². The third kappa shape index (κ3) is 2.99. The Hall–Kier alpha value is -1.71. The maximum Gasteiger partial charge on any atom is 0.196 e. The number of benzene rings is 1. The number of alkyl halides is 1. The largest absolute Gasteiger partial charge is 0.296 e. The van der Waals surface area contributed by atoms with Gasteiger partial charge in [-0.05, 0) is 42.5 Å². The number of aryl methyl sites for hydroxylation is 1. The van der Waals surface area contributed by atoms with Gasteiger partial charge in [0.05, 0.1) is 15.7 Å². The smallest absolute Gasteiger partial charge is 0.196 e. The molecule has 0 radical (unpaired) electrons. The van der Waals surface area contributed by atoms with Crippen molar-refractivity contribution >= 4 is 34.6 Å². The number of fused-ring (bicyclic) bond motifs is 1. The van der Waals surface area contributed by atoms with Crippen molar-refractivity contribution < 1.29 is 9.18 Å². The third-order valence-corrected chi connectivity index (χ3v) is 5.29. The fourth-order valence-electron chi connectivity index (χ4n) is 3.06. The number of hydrogen-bond donors (Lipinski definition) is 0. The number of carbonyl (C=O) groups excluding carboxylic acids is 1. The third-order valence-electron chi connectivity index (χ3n) is 4.44. The number of allylic oxidation sites excluding steroid dienone is 1. The number of rotatable bonds is 4. The second kappa shape index (κ2) is 6.66. The fraction of sp³-hybridized carbons (Fsp3) is 0.263. The Morgan fingerprint density at radius 1 is 1.29 bits per heavy atom. The zero-order valence-electron chi connectivity index (χ0n) is 13.0. The highest BCUT2D eigenvalue weighted by Crippen LogP contribution is 2.43. The van der Waals surface area contributed by atoms with Gasteiger partial charge < -0.3 is 0 Å². The van der Waals surface area contributed by atoms with Gasteiger partial charge in [0.1, 0.15) is 0 Å². The standard InChI is InChI=1S/C19H16Cl2FNO/c1-12-9-10-19(22,14-5-3-11-23-18(12)14)16(24)8-7-13-4-2-6-15(20)17(13)21/h2-6,11H,1,7-10H2/t19-/m0/s1. The van der Waals surface area contributed by atoms with Crippen LogP contribution in [0.15, 0.2) is 43.1 Å². The van der Waals surface area contributed by atoms with Crippen LogP contribution in [0.25, 0.3) is 5.57 Å². The van der Waals surface area contributed by atoms with Crippen LogP contribution in [0.5, 0.6) is 0 Å². The lowest BCUT2D eigenvalue weighted by Gasteiger charge is -2.31. The Bertz CT molecular complexity index is 821. The molecule has 1 atom stereocenters. The molecule has 0 spiro atoms. The molecule has 0 saturated heterocycles. The van der Waals surface area contributed by atoms with Crippen LogP contribution in [0, 0.1) is 0 Å². The zero-order valence-corrected chi connectivity index (χ0v) is 14.5. The summed E-state index contributed by atoms with van der Waals surface area (Å²) < 4.78 is 15.5. The molecule has 124 valence electrons. The molecule has 1 heterocycles. The summed E-state index contributed by atoms with van der Waals surface area (Å²) in [6.45, 7) is 3.92. The number of carbonyl (C=O) groups is 1. The highest BCUT2D eigenvalue weighted by molar-refractivity contribution is 6.42. The van der Waals surface area contributed by atoms with E-state index in [4.69, 9.17) is 23.2 Å². The van der Waals surface area contributed by atoms with Gasteiger partial charge in [0.15, 0.2) is 11.5 Å². The molecular weight excluding hydrogens is 348 g/mol. The van der Waals surface area contributed by atoms with E-state index in [1.54, 1.807) is 36.5 Å². The first-order valence-corrected chi connectivity index (χ1v) is 8.48. The predicted molar refractivity (Wildman–Crippen MR) is 95.1 cm³/mol. The van der Waals surface area contributed by atoms with E-state index in [9.17, 15) is 4.79 Å². The lowest BCUT2D eigenvalue weighted by atomic mass is 9.77. The summed E-state index contributed by atoms with van der Waals surface area (Å²) in [6.07, 6.45) is 2.51. The van der Waals surface area contributed by atoms with Crippen LogP contribution in [0.4, 0.5) is 4.39 Å². The minimum Gasteiger partial charge on any atom is -0.296 e. The van der Waals surface area contributed by atoms with Crippen LogP contribution in [0.3, 0.4) is 0 Å². The number of halogens is 3. The Kier molecular flexibility index (Phi) is 4.75. The molecule has 0 aliphatic heterocycles. The highest BCUT2D eigenvalue weighted by atomic mass is 35.5. The summed E-state index contributed by atoms with van der Waals surface area (Å²) >= 11 is 12.1. The van der Waals surface area contributed by atoms with Crippen LogP contribution in [0.1, 0.15) is 36.1 Å². The average molecular weight is 364 g/mol. The summed E-state index contributed by atoms with van der Waals surface area (Å²) in [5, 5.41) is 0.846. The van der Waals surface area contributed by atoms with Crippen LogP contribution in [-0.2, 0) is 16.9 Å². The van der Waals surface area contributed by atoms with Crippen LogP contribution in [0.2, 0.25) is 10.0 Å². The van der Waals surface area contributed by atoms with E-state index in [1.807, 2.05) is 0 Å². The number of ketones is 1. The Labute approximate surface area is 150 Å². The van der Waals surface area contributed by atoms with Crippen LogP contribution in [-0.4, -0.2) is 10.8 Å². The van der Waals surface area contributed by atoms with E-state index in [0.717, 1.165) is 11.1 Å². The van der Waals surface area contributed by atoms with E-state index in [0.29, 0.717) is 34.1 Å². The number of hydrogen-bond acceptors (Lipinski definition) is 2. The highest BCUT2D eigenvalue weighted by Gasteiger charge is 2.44. The monoisotopic (exact) mass is 363 g/mol. The Morgan fingerprint density at radius 2 is 2.08 bits per heavy atom. The van der Waals surface area contributed by atoms with Crippen molar-refractivity contribution in [3.8, 4) is 0 Å². The predicted octanol–water partition coefficient (Wildman–Crippen LogP) is 5.56. The molecular formula is C19H16Cl2FNO. The number of aromatic nitrogens is 1. The molecule has 0 saturated carbocycles. The van der Waals surface area contributed by atoms with Gasteiger partial charge >= 0.3 is 0 Å². The molecule has 2 nitrogen and oxygen atoms in total. The van der Waals surface area contributed by atoms with E-state index >= 15 is 4.39 Å². The maximum atomic E-state index is 15.5. The van der Waals surface area contributed by atoms with Gasteiger partial charge in [0.25, 0.3) is 0 Å². The van der Waals surface area contributed by atoms with Crippen LogP contribution < -0.4 is 0 Å². The van der Waals surface area contributed by atoms with Crippen molar-refractivity contribution in [2.24, 2.45) is 0 Å². The van der Waals surface area contributed by atoms with Crippen molar-refractivity contribution in [2.75, 3.05) is 0 Å². The SMILES string of the molecule is C=C1CC[C@@](F)(C(=O)CCc2cccc(Cl)c2Cl)c2cccnc21. The second-order valence-electron chi connectivity index (χ2n) is 5.94. The number of Topliss-reactive ketones (excluding diaryl/α,β-unsaturated/α-hetero) is 1. The average Bonchev–Trinajstić information content (AvgIpc) is 2.59. The minimum atomic E-state index is -2.02. The molecule has 1 aliphatic carbocycles. The molecule has 0 fully saturated rings. The van der Waals surface area contributed by atoms with Gasteiger partial charge in [-0.3, -0.25) is 9.78 Å². The first-order chi connectivity index (χ1) is 11.4. The summed E-state index contributed by atoms with van der Waals surface area (Å²) in [7, 11) is 0. The van der Waals surface area contributed by atoms with E-state index in [2.05, 4.69) is 11.6 Å². The van der Waals surface area contributed by atoms with Crippen molar-refractivity contribution in [1.82, 2.24) is 4.98 Å². The molecule has 1 aliphatic rings. The lowest BCUT2D eigenvalue weighted by molar-refractivity contribution is -0.131. The van der Waals surface area contributed by atoms with Gasteiger partial charge in [0, 0.05) is 18.2 Å². The molecule has 0 bridgehead atoms. The van der Waals surface area contributed by atoms with Crippen LogP contribution >= 0.6 is 23.2 Å². The molecule has 1 aromatic carbocycles. The number of nitrogens with zero attached hydrogens (tertiary/aromatic N) is 1. The molecule has 1 aromatic heterocycles. The van der Waals surface area contributed by atoms with E-state index < -0.39 is 11.5 Å². The molecule has 2 aromatic rings. The van der Waals surface area contributed by atoms with E-state index in [1.165, 1.54) is 0 Å². The number of pyridine rings is 1. The minimum absolute atomic E-state index is 0.0529. The summed E-state index contributed by atoms with van der Waals surface area (Å²) in [6, 6.07) is 8.51. The molecule has 24 heavy (non-hydrogen) atoms. The first kappa shape index (κ1) is 17.1. The van der Waals surface area contributed by atoms with E-state index in [-0.39, 0.29) is 12.8 Å². The quantitative estimate of drug-likeness (QED) is 0.711. The Balaban J connectivity index is 1.84. The van der Waals surface area contributed by atoms with Crippen molar-refractivity contribution in [2.45, 2.75) is 31.4 Å². The summed E-state index contributed by atoms with van der Waals surface area (Å²) in [4.78, 5) is 16.8. The summed E-state index contributed by atoms with van der Waals surface area (Å²) in [5.74, 6) is -0.458. The zero-order chi connectivity index (χ0) is 17.3. The van der Waals surface area contributed by atoms with Gasteiger partial charge in [-0.2, -0.15) is 0 Å². The van der Waals surface area contributed by atoms with Crippen molar-refractivity contribution in [3.63, 3.8) is 0 Å². The van der Waals surface area contributed by atoms with Crippen molar-refractivity contribution in [3.05, 3.63) is 70.0 Å². The summed E-state index contributed by atoms with van der Waals surface area (Å²) in [5.41, 5.74) is 0.316. The first-order valence-electron chi connectivity index (χ1n) is 7.72. The topological polar surface area (TPSA) is 30.0 Å². The Morgan fingerprint density at radius 3 is 2.88 bits per heavy atom. The lowest BCUT2D eigenvalue weighted by Crippen LogP contribution is -2.35. The fourth-order valence-corrected chi connectivity index (χ4v) is 3.48. The second-order valence-corrected chi connectivity index (χ2v) is 6.73. The molecule has 0 unspecified atom stereocenters. The maximum absolute atomic E-state index is 15.5. The molecule has 3 rings (SSSR count). The molecule has 5 heteroatoms. The van der Waals surface area contributed by atoms with Gasteiger partial charge in [-0.25, -0.2) is 4.39 Å². The molecule has 0 amide bonds. The van der Waals surface area contributed by atoms with Gasteiger partial charge in [-0.15, -0.1) is 0 Å². The van der Waals surface area contributed by atoms with Gasteiger partial charge in [0.2, 0.25) is 0 Å². The normalized spacial score (nSPS) is 19.9.